The molecular weight excluding hydrogens is 226 g/mol. The molecule has 18 heavy (non-hydrogen) atoms. The topological polar surface area (TPSA) is 46.8 Å². The lowest BCUT2D eigenvalue weighted by atomic mass is 9.97. The summed E-state index contributed by atoms with van der Waals surface area (Å²) < 4.78 is 1.88. The van der Waals surface area contributed by atoms with E-state index in [1.165, 1.54) is 11.3 Å². The Morgan fingerprint density at radius 2 is 2.06 bits per heavy atom. The van der Waals surface area contributed by atoms with Crippen molar-refractivity contribution in [3.8, 4) is 11.4 Å². The predicted molar refractivity (Wildman–Crippen MR) is 70.6 cm³/mol. The Morgan fingerprint density at radius 3 is 2.83 bits per heavy atom. The van der Waals surface area contributed by atoms with Gasteiger partial charge in [0.2, 0.25) is 0 Å². The van der Waals surface area contributed by atoms with Crippen LogP contribution in [-0.4, -0.2) is 33.8 Å². The van der Waals surface area contributed by atoms with Crippen molar-refractivity contribution < 1.29 is 0 Å². The van der Waals surface area contributed by atoms with Crippen LogP contribution in [0.2, 0.25) is 0 Å². The first-order chi connectivity index (χ1) is 8.68. The first-order valence-corrected chi connectivity index (χ1v) is 6.29. The van der Waals surface area contributed by atoms with E-state index in [-0.39, 0.29) is 0 Å². The largest absolute Gasteiger partial charge is 0.372 e. The van der Waals surface area contributed by atoms with Crippen LogP contribution in [-0.2, 0) is 6.54 Å². The Hall–Kier alpha value is -1.91. The molecule has 1 aliphatic rings. The highest BCUT2D eigenvalue weighted by molar-refractivity contribution is 5.78. The molecule has 1 aromatic carbocycles. The third-order valence-electron chi connectivity index (χ3n) is 3.49. The number of nitrogens with zero attached hydrogens (tertiary/aromatic N) is 5. The van der Waals surface area contributed by atoms with Gasteiger partial charge in [0, 0.05) is 19.2 Å². The lowest BCUT2D eigenvalue weighted by Crippen LogP contribution is -2.22. The lowest BCUT2D eigenvalue weighted by Gasteiger charge is -2.23. The van der Waals surface area contributed by atoms with Crippen molar-refractivity contribution in [3.63, 3.8) is 0 Å². The summed E-state index contributed by atoms with van der Waals surface area (Å²) in [4.78, 5) is 2.29. The maximum atomic E-state index is 4.17. The third kappa shape index (κ3) is 1.58. The number of rotatable bonds is 1. The minimum Gasteiger partial charge on any atom is -0.372 e. The highest BCUT2D eigenvalue weighted by Crippen LogP contribution is 2.37. The molecule has 2 heterocycles. The fourth-order valence-corrected chi connectivity index (χ4v) is 2.54. The van der Waals surface area contributed by atoms with Crippen molar-refractivity contribution in [2.24, 2.45) is 0 Å². The van der Waals surface area contributed by atoms with Gasteiger partial charge in [-0.25, -0.2) is 4.68 Å². The Balaban J connectivity index is 2.28. The van der Waals surface area contributed by atoms with E-state index in [0.29, 0.717) is 5.92 Å². The number of aromatic nitrogens is 4. The molecule has 1 aromatic heterocycles. The molecule has 5 heteroatoms. The van der Waals surface area contributed by atoms with Crippen LogP contribution in [0.4, 0.5) is 5.69 Å². The van der Waals surface area contributed by atoms with Crippen molar-refractivity contribution in [1.82, 2.24) is 20.2 Å². The third-order valence-corrected chi connectivity index (χ3v) is 3.49. The molecule has 0 radical (unpaired) electrons. The molecule has 2 aromatic rings. The van der Waals surface area contributed by atoms with E-state index in [4.69, 9.17) is 0 Å². The van der Waals surface area contributed by atoms with Gasteiger partial charge in [-0.1, -0.05) is 26.0 Å². The van der Waals surface area contributed by atoms with Crippen molar-refractivity contribution >= 4 is 5.69 Å². The van der Waals surface area contributed by atoms with Crippen LogP contribution >= 0.6 is 0 Å². The summed E-state index contributed by atoms with van der Waals surface area (Å²) >= 11 is 0. The zero-order chi connectivity index (χ0) is 12.7. The monoisotopic (exact) mass is 243 g/mol. The van der Waals surface area contributed by atoms with E-state index < -0.39 is 0 Å². The van der Waals surface area contributed by atoms with Gasteiger partial charge in [0.25, 0.3) is 0 Å². The van der Waals surface area contributed by atoms with E-state index in [0.717, 1.165) is 24.5 Å². The van der Waals surface area contributed by atoms with Crippen LogP contribution in [0, 0.1) is 0 Å². The molecule has 5 nitrogen and oxygen atoms in total. The average Bonchev–Trinajstić information content (AvgIpc) is 2.78. The summed E-state index contributed by atoms with van der Waals surface area (Å²) in [6.45, 7) is 6.19. The minimum atomic E-state index is 0.491. The van der Waals surface area contributed by atoms with Crippen LogP contribution in [0.1, 0.15) is 25.3 Å². The molecule has 0 saturated carbocycles. The zero-order valence-electron chi connectivity index (χ0n) is 11.0. The van der Waals surface area contributed by atoms with E-state index in [2.05, 4.69) is 59.5 Å². The van der Waals surface area contributed by atoms with Crippen molar-refractivity contribution in [3.05, 3.63) is 23.8 Å². The van der Waals surface area contributed by atoms with Gasteiger partial charge in [0.05, 0.1) is 12.2 Å². The summed E-state index contributed by atoms with van der Waals surface area (Å²) in [6, 6.07) is 6.39. The standard InChI is InChI=1S/C13H17N5/c1-9(2)10-5-4-6-11-12(10)17(3)7-8-18-13(11)14-15-16-18/h4-6,9H,7-8H2,1-3H3. The predicted octanol–water partition coefficient (Wildman–Crippen LogP) is 1.91. The van der Waals surface area contributed by atoms with Gasteiger partial charge in [0.1, 0.15) is 0 Å². The minimum absolute atomic E-state index is 0.491. The van der Waals surface area contributed by atoms with Crippen LogP contribution in [0.25, 0.3) is 11.4 Å². The van der Waals surface area contributed by atoms with Gasteiger partial charge in [-0.3, -0.25) is 0 Å². The summed E-state index contributed by atoms with van der Waals surface area (Å²) in [5.74, 6) is 1.36. The molecule has 0 fully saturated rings. The van der Waals surface area contributed by atoms with Gasteiger partial charge in [-0.05, 0) is 28.0 Å². The van der Waals surface area contributed by atoms with E-state index in [9.17, 15) is 0 Å². The fraction of sp³-hybridized carbons (Fsp3) is 0.462. The Labute approximate surface area is 106 Å². The second-order valence-electron chi connectivity index (χ2n) is 5.05. The number of hydrogen-bond donors (Lipinski definition) is 0. The van der Waals surface area contributed by atoms with E-state index in [1.54, 1.807) is 0 Å². The number of fused-ring (bicyclic) bond motifs is 3. The van der Waals surface area contributed by atoms with Gasteiger partial charge < -0.3 is 4.90 Å². The molecule has 0 unspecified atom stereocenters. The first kappa shape index (κ1) is 11.2. The highest BCUT2D eigenvalue weighted by Gasteiger charge is 2.23. The average molecular weight is 243 g/mol. The molecule has 94 valence electrons. The van der Waals surface area contributed by atoms with Gasteiger partial charge in [-0.2, -0.15) is 0 Å². The van der Waals surface area contributed by atoms with Crippen LogP contribution in [0.5, 0.6) is 0 Å². The summed E-state index contributed by atoms with van der Waals surface area (Å²) in [5, 5.41) is 12.0. The number of para-hydroxylation sites is 1. The van der Waals surface area contributed by atoms with Crippen LogP contribution < -0.4 is 4.90 Å². The smallest absolute Gasteiger partial charge is 0.184 e. The molecule has 1 aliphatic heterocycles. The number of hydrogen-bond acceptors (Lipinski definition) is 4. The molecule has 0 spiro atoms. The fourth-order valence-electron chi connectivity index (χ4n) is 2.54. The first-order valence-electron chi connectivity index (χ1n) is 6.29. The maximum absolute atomic E-state index is 4.17. The second kappa shape index (κ2) is 4.08. The van der Waals surface area contributed by atoms with Crippen molar-refractivity contribution in [2.45, 2.75) is 26.3 Å². The molecule has 0 atom stereocenters. The molecule has 0 bridgehead atoms. The highest BCUT2D eigenvalue weighted by atomic mass is 15.5. The van der Waals surface area contributed by atoms with Crippen molar-refractivity contribution in [2.75, 3.05) is 18.5 Å². The lowest BCUT2D eigenvalue weighted by molar-refractivity contribution is 0.598. The molecule has 3 rings (SSSR count). The molecular formula is C13H17N5. The SMILES string of the molecule is CC(C)c1cccc2c1N(C)CCn1nnnc1-2. The van der Waals surface area contributed by atoms with Gasteiger partial charge in [-0.15, -0.1) is 5.10 Å². The zero-order valence-corrected chi connectivity index (χ0v) is 11.0. The van der Waals surface area contributed by atoms with E-state index >= 15 is 0 Å². The Morgan fingerprint density at radius 1 is 1.22 bits per heavy atom. The van der Waals surface area contributed by atoms with E-state index in [1.807, 2.05) is 4.68 Å². The number of likely N-dealkylation sites (N-methyl/N-ethyl adjacent to an activating group) is 1. The maximum Gasteiger partial charge on any atom is 0.184 e. The normalized spacial score (nSPS) is 14.3. The van der Waals surface area contributed by atoms with Gasteiger partial charge in [0.15, 0.2) is 5.82 Å². The summed E-state index contributed by atoms with van der Waals surface area (Å²) in [5.41, 5.74) is 3.75. The van der Waals surface area contributed by atoms with Gasteiger partial charge >= 0.3 is 0 Å². The molecule has 0 saturated heterocycles. The number of tetrazole rings is 1. The Kier molecular flexibility index (Phi) is 2.54. The molecule has 0 aliphatic carbocycles. The molecule has 0 amide bonds. The number of benzene rings is 1. The quantitative estimate of drug-likeness (QED) is 0.767. The second-order valence-corrected chi connectivity index (χ2v) is 5.05. The summed E-state index contributed by atoms with van der Waals surface area (Å²) in [7, 11) is 2.13. The molecule has 0 N–H and O–H groups in total. The van der Waals surface area contributed by atoms with Crippen molar-refractivity contribution in [1.29, 1.82) is 0 Å². The summed E-state index contributed by atoms with van der Waals surface area (Å²) in [6.07, 6.45) is 0. The van der Waals surface area contributed by atoms with Crippen LogP contribution in [0.3, 0.4) is 0 Å². The Bertz CT molecular complexity index is 573. The number of anilines is 1. The van der Waals surface area contributed by atoms with Crippen LogP contribution in [0.15, 0.2) is 18.2 Å².